The topological polar surface area (TPSA) is 34.9 Å². The normalized spacial score (nSPS) is 10.8. The number of carbonyl (C=O) groups is 1. The number of hydrogen-bond acceptors (Lipinski definition) is 2. The summed E-state index contributed by atoms with van der Waals surface area (Å²) in [6.45, 7) is 1.62. The van der Waals surface area contributed by atoms with E-state index in [0.29, 0.717) is 6.42 Å². The van der Waals surface area contributed by atoms with E-state index in [1.54, 1.807) is 13.3 Å². The molecule has 0 unspecified atom stereocenters. The third kappa shape index (κ3) is 2.06. The lowest BCUT2D eigenvalue weighted by molar-refractivity contribution is -0.116. The van der Waals surface area contributed by atoms with Crippen molar-refractivity contribution in [3.05, 3.63) is 30.1 Å². The van der Waals surface area contributed by atoms with Crippen LogP contribution in [0.25, 0.3) is 11.0 Å². The van der Waals surface area contributed by atoms with Gasteiger partial charge in [0.05, 0.1) is 17.4 Å². The quantitative estimate of drug-likeness (QED) is 0.764. The molecule has 0 aliphatic carbocycles. The number of rotatable bonds is 3. The van der Waals surface area contributed by atoms with Gasteiger partial charge in [-0.15, -0.1) is 0 Å². The van der Waals surface area contributed by atoms with Gasteiger partial charge in [0.15, 0.2) is 0 Å². The van der Waals surface area contributed by atoms with Crippen molar-refractivity contribution in [2.75, 3.05) is 0 Å². The van der Waals surface area contributed by atoms with Crippen LogP contribution in [-0.4, -0.2) is 15.3 Å². The maximum Gasteiger partial charge on any atom is 0.130 e. The van der Waals surface area contributed by atoms with Crippen molar-refractivity contribution in [2.45, 2.75) is 19.8 Å². The van der Waals surface area contributed by atoms with Crippen LogP contribution in [0.3, 0.4) is 0 Å². The van der Waals surface area contributed by atoms with Gasteiger partial charge in [0, 0.05) is 13.5 Å². The Hall–Kier alpha value is -1.64. The van der Waals surface area contributed by atoms with Gasteiger partial charge < -0.3 is 9.36 Å². The summed E-state index contributed by atoms with van der Waals surface area (Å²) in [7, 11) is 1.98. The predicted molar refractivity (Wildman–Crippen MR) is 59.7 cm³/mol. The molecule has 1 heterocycles. The minimum atomic E-state index is 0.233. The summed E-state index contributed by atoms with van der Waals surface area (Å²) in [5.41, 5.74) is 3.30. The lowest BCUT2D eigenvalue weighted by Gasteiger charge is -1.99. The van der Waals surface area contributed by atoms with Gasteiger partial charge in [-0.2, -0.15) is 0 Å². The zero-order valence-corrected chi connectivity index (χ0v) is 9.03. The molecule has 0 saturated carbocycles. The molecule has 0 bridgehead atoms. The number of fused-ring (bicyclic) bond motifs is 1. The van der Waals surface area contributed by atoms with Crippen LogP contribution >= 0.6 is 0 Å². The van der Waals surface area contributed by atoms with Crippen molar-refractivity contribution in [2.24, 2.45) is 7.05 Å². The molecule has 0 aliphatic rings. The fourth-order valence-electron chi connectivity index (χ4n) is 1.66. The van der Waals surface area contributed by atoms with E-state index in [0.717, 1.165) is 17.5 Å². The Balaban J connectivity index is 2.27. The van der Waals surface area contributed by atoms with Crippen molar-refractivity contribution < 1.29 is 4.79 Å². The number of ketones is 1. The van der Waals surface area contributed by atoms with Crippen LogP contribution in [0.4, 0.5) is 0 Å². The van der Waals surface area contributed by atoms with Crippen LogP contribution in [0.15, 0.2) is 24.5 Å². The van der Waals surface area contributed by atoms with Crippen molar-refractivity contribution in [3.63, 3.8) is 0 Å². The molecule has 1 aromatic carbocycles. The first-order valence-corrected chi connectivity index (χ1v) is 5.06. The summed E-state index contributed by atoms with van der Waals surface area (Å²) >= 11 is 0. The molecule has 0 spiro atoms. The molecule has 2 aromatic rings. The number of Topliss-reactive ketones (excluding diaryl/α,β-unsaturated/α-hetero) is 1. The molecule has 78 valence electrons. The molecule has 0 amide bonds. The molecule has 1 aromatic heterocycles. The van der Waals surface area contributed by atoms with Gasteiger partial charge in [0.25, 0.3) is 0 Å². The van der Waals surface area contributed by atoms with E-state index in [1.165, 1.54) is 5.56 Å². The van der Waals surface area contributed by atoms with Crippen LogP contribution in [0.5, 0.6) is 0 Å². The zero-order chi connectivity index (χ0) is 10.8. The summed E-state index contributed by atoms with van der Waals surface area (Å²) in [6, 6.07) is 6.17. The number of nitrogens with zero attached hydrogens (tertiary/aromatic N) is 2. The lowest BCUT2D eigenvalue weighted by atomic mass is 10.1. The number of aromatic nitrogens is 2. The summed E-state index contributed by atoms with van der Waals surface area (Å²) in [6.07, 6.45) is 3.22. The van der Waals surface area contributed by atoms with Crippen molar-refractivity contribution in [1.82, 2.24) is 9.55 Å². The average Bonchev–Trinajstić information content (AvgIpc) is 2.57. The molecular formula is C12H14N2O. The van der Waals surface area contributed by atoms with E-state index in [4.69, 9.17) is 0 Å². The molecule has 3 nitrogen and oxygen atoms in total. The van der Waals surface area contributed by atoms with Gasteiger partial charge >= 0.3 is 0 Å². The van der Waals surface area contributed by atoms with E-state index < -0.39 is 0 Å². The fourth-order valence-corrected chi connectivity index (χ4v) is 1.66. The molecule has 2 rings (SSSR count). The Labute approximate surface area is 88.7 Å². The second-order valence-electron chi connectivity index (χ2n) is 3.88. The van der Waals surface area contributed by atoms with Gasteiger partial charge in [-0.25, -0.2) is 4.98 Å². The molecule has 0 saturated heterocycles. The lowest BCUT2D eigenvalue weighted by Crippen LogP contribution is -1.94. The highest BCUT2D eigenvalue weighted by Crippen LogP contribution is 2.14. The molecule has 0 radical (unpaired) electrons. The number of carbonyl (C=O) groups excluding carboxylic acids is 1. The second-order valence-corrected chi connectivity index (χ2v) is 3.88. The highest BCUT2D eigenvalue weighted by Gasteiger charge is 2.02. The van der Waals surface area contributed by atoms with Gasteiger partial charge in [0.1, 0.15) is 5.78 Å². The van der Waals surface area contributed by atoms with Crippen LogP contribution in [-0.2, 0) is 18.3 Å². The van der Waals surface area contributed by atoms with Gasteiger partial charge in [-0.3, -0.25) is 0 Å². The minimum absolute atomic E-state index is 0.233. The number of benzene rings is 1. The van der Waals surface area contributed by atoms with E-state index in [9.17, 15) is 4.79 Å². The highest BCUT2D eigenvalue weighted by molar-refractivity contribution is 5.77. The summed E-state index contributed by atoms with van der Waals surface area (Å²) < 4.78 is 1.99. The van der Waals surface area contributed by atoms with Crippen molar-refractivity contribution in [1.29, 1.82) is 0 Å². The molecule has 0 N–H and O–H groups in total. The molecule has 3 heteroatoms. The third-order valence-corrected chi connectivity index (χ3v) is 2.56. The number of aryl methyl sites for hydroxylation is 2. The Kier molecular flexibility index (Phi) is 2.54. The Morgan fingerprint density at radius 1 is 1.47 bits per heavy atom. The molecule has 15 heavy (non-hydrogen) atoms. The minimum Gasteiger partial charge on any atom is -0.334 e. The largest absolute Gasteiger partial charge is 0.334 e. The first-order valence-electron chi connectivity index (χ1n) is 5.06. The van der Waals surface area contributed by atoms with E-state index in [2.05, 4.69) is 23.2 Å². The Morgan fingerprint density at radius 2 is 2.27 bits per heavy atom. The molecule has 0 fully saturated rings. The van der Waals surface area contributed by atoms with Crippen LogP contribution in [0, 0.1) is 0 Å². The summed E-state index contributed by atoms with van der Waals surface area (Å²) in [4.78, 5) is 15.1. The van der Waals surface area contributed by atoms with Gasteiger partial charge in [-0.1, -0.05) is 6.07 Å². The molecule has 0 atom stereocenters. The second kappa shape index (κ2) is 3.85. The number of imidazole rings is 1. The zero-order valence-electron chi connectivity index (χ0n) is 9.03. The highest BCUT2D eigenvalue weighted by atomic mass is 16.1. The van der Waals surface area contributed by atoms with E-state index in [-0.39, 0.29) is 5.78 Å². The van der Waals surface area contributed by atoms with Crippen LogP contribution in [0.1, 0.15) is 18.9 Å². The maximum atomic E-state index is 10.9. The van der Waals surface area contributed by atoms with Crippen LogP contribution < -0.4 is 0 Å². The van der Waals surface area contributed by atoms with Crippen LogP contribution in [0.2, 0.25) is 0 Å². The standard InChI is InChI=1S/C12H14N2O/c1-9(15)3-4-10-5-6-12-11(7-10)13-8-14(12)2/h5-8H,3-4H2,1-2H3. The fraction of sp³-hybridized carbons (Fsp3) is 0.333. The Bertz CT molecular complexity index is 499. The van der Waals surface area contributed by atoms with Gasteiger partial charge in [0.2, 0.25) is 0 Å². The summed E-state index contributed by atoms with van der Waals surface area (Å²) in [5, 5.41) is 0. The molecule has 0 aliphatic heterocycles. The Morgan fingerprint density at radius 3 is 3.00 bits per heavy atom. The third-order valence-electron chi connectivity index (χ3n) is 2.56. The number of hydrogen-bond donors (Lipinski definition) is 0. The van der Waals surface area contributed by atoms with E-state index in [1.807, 2.05) is 11.6 Å². The smallest absolute Gasteiger partial charge is 0.130 e. The molecular weight excluding hydrogens is 188 g/mol. The summed E-state index contributed by atoms with van der Waals surface area (Å²) in [5.74, 6) is 0.233. The van der Waals surface area contributed by atoms with Crippen molar-refractivity contribution >= 4 is 16.8 Å². The maximum absolute atomic E-state index is 10.9. The first kappa shape index (κ1) is 9.90. The average molecular weight is 202 g/mol. The van der Waals surface area contributed by atoms with Crippen molar-refractivity contribution in [3.8, 4) is 0 Å². The van der Waals surface area contributed by atoms with Gasteiger partial charge in [-0.05, 0) is 31.0 Å². The monoisotopic (exact) mass is 202 g/mol. The van der Waals surface area contributed by atoms with E-state index >= 15 is 0 Å². The SMILES string of the molecule is CC(=O)CCc1ccc2c(c1)ncn2C. The predicted octanol–water partition coefficient (Wildman–Crippen LogP) is 2.09. The first-order chi connectivity index (χ1) is 7.16.